The molecule has 130 valence electrons. The molecule has 0 amide bonds. The standard InChI is InChI=1S/C20H39NO/c1-9-20(8)12-10-15(11-13-20)14-16(21-19(5,6)7)17(22)18(2,3)4/h15-16,21H,9-14H2,1-8H3. The summed E-state index contributed by atoms with van der Waals surface area (Å²) < 4.78 is 0. The Morgan fingerprint density at radius 2 is 1.64 bits per heavy atom. The van der Waals surface area contributed by atoms with Gasteiger partial charge in [-0.1, -0.05) is 41.0 Å². The van der Waals surface area contributed by atoms with Crippen LogP contribution in [0.4, 0.5) is 0 Å². The van der Waals surface area contributed by atoms with E-state index in [1.807, 2.05) is 20.8 Å². The highest BCUT2D eigenvalue weighted by atomic mass is 16.1. The SMILES string of the molecule is CCC1(C)CCC(CC(NC(C)(C)C)C(=O)C(C)(C)C)CC1. The molecule has 2 nitrogen and oxygen atoms in total. The minimum atomic E-state index is -0.268. The van der Waals surface area contributed by atoms with E-state index in [0.717, 1.165) is 6.42 Å². The lowest BCUT2D eigenvalue weighted by Crippen LogP contribution is -2.51. The molecular weight excluding hydrogens is 270 g/mol. The smallest absolute Gasteiger partial charge is 0.155 e. The molecule has 1 aliphatic rings. The molecule has 0 spiro atoms. The summed E-state index contributed by atoms with van der Waals surface area (Å²) in [6, 6.07) is -0.00372. The van der Waals surface area contributed by atoms with Crippen molar-refractivity contribution in [3.8, 4) is 0 Å². The van der Waals surface area contributed by atoms with Crippen LogP contribution in [-0.4, -0.2) is 17.4 Å². The molecule has 1 aliphatic carbocycles. The molecule has 0 saturated heterocycles. The number of rotatable bonds is 5. The summed E-state index contributed by atoms with van der Waals surface area (Å²) in [6.45, 7) is 17.3. The molecule has 1 saturated carbocycles. The van der Waals surface area contributed by atoms with Crippen molar-refractivity contribution in [3.63, 3.8) is 0 Å². The van der Waals surface area contributed by atoms with Crippen LogP contribution in [-0.2, 0) is 4.79 Å². The predicted molar refractivity (Wildman–Crippen MR) is 96.1 cm³/mol. The zero-order valence-corrected chi connectivity index (χ0v) is 16.3. The predicted octanol–water partition coefficient (Wildman–Crippen LogP) is 5.35. The van der Waals surface area contributed by atoms with Crippen LogP contribution in [0.15, 0.2) is 0 Å². The van der Waals surface area contributed by atoms with Crippen molar-refractivity contribution in [1.82, 2.24) is 5.32 Å². The Labute approximate surface area is 138 Å². The maximum atomic E-state index is 12.8. The van der Waals surface area contributed by atoms with Gasteiger partial charge in [-0.15, -0.1) is 0 Å². The fraction of sp³-hybridized carbons (Fsp3) is 0.950. The number of carbonyl (C=O) groups excluding carboxylic acids is 1. The van der Waals surface area contributed by atoms with Crippen molar-refractivity contribution in [2.45, 2.75) is 105 Å². The molecule has 0 aromatic heterocycles. The maximum absolute atomic E-state index is 12.8. The van der Waals surface area contributed by atoms with Gasteiger partial charge >= 0.3 is 0 Å². The second kappa shape index (κ2) is 7.03. The molecular formula is C20H39NO. The van der Waals surface area contributed by atoms with Gasteiger partial charge < -0.3 is 5.32 Å². The van der Waals surface area contributed by atoms with E-state index in [0.29, 0.717) is 17.1 Å². The molecule has 0 aliphatic heterocycles. The van der Waals surface area contributed by atoms with Gasteiger partial charge in [-0.3, -0.25) is 4.79 Å². The molecule has 0 aromatic carbocycles. The van der Waals surface area contributed by atoms with E-state index in [4.69, 9.17) is 0 Å². The third-order valence-corrected chi connectivity index (χ3v) is 5.40. The Balaban J connectivity index is 2.72. The highest BCUT2D eigenvalue weighted by Crippen LogP contribution is 2.42. The third-order valence-electron chi connectivity index (χ3n) is 5.40. The topological polar surface area (TPSA) is 29.1 Å². The van der Waals surface area contributed by atoms with Gasteiger partial charge in [0.1, 0.15) is 0 Å². The van der Waals surface area contributed by atoms with E-state index in [-0.39, 0.29) is 17.0 Å². The summed E-state index contributed by atoms with van der Waals surface area (Å²) in [4.78, 5) is 12.8. The van der Waals surface area contributed by atoms with E-state index in [2.05, 4.69) is 39.9 Å². The van der Waals surface area contributed by atoms with Crippen LogP contribution < -0.4 is 5.32 Å². The van der Waals surface area contributed by atoms with Gasteiger partial charge in [0.05, 0.1) is 6.04 Å². The number of hydrogen-bond acceptors (Lipinski definition) is 2. The molecule has 22 heavy (non-hydrogen) atoms. The van der Waals surface area contributed by atoms with Gasteiger partial charge in [-0.2, -0.15) is 0 Å². The molecule has 0 radical (unpaired) electrons. The first-order chi connectivity index (χ1) is 9.86. The van der Waals surface area contributed by atoms with Crippen molar-refractivity contribution < 1.29 is 4.79 Å². The highest BCUT2D eigenvalue weighted by molar-refractivity contribution is 5.88. The highest BCUT2D eigenvalue weighted by Gasteiger charge is 2.36. The number of nitrogens with one attached hydrogen (secondary N) is 1. The number of ketones is 1. The summed E-state index contributed by atoms with van der Waals surface area (Å²) >= 11 is 0. The van der Waals surface area contributed by atoms with Crippen LogP contribution in [0.5, 0.6) is 0 Å². The monoisotopic (exact) mass is 309 g/mol. The zero-order valence-electron chi connectivity index (χ0n) is 16.3. The first-order valence-electron chi connectivity index (χ1n) is 9.18. The lowest BCUT2D eigenvalue weighted by Gasteiger charge is -2.39. The zero-order chi connectivity index (χ0) is 17.2. The number of hydrogen-bond donors (Lipinski definition) is 1. The van der Waals surface area contributed by atoms with Crippen LogP contribution >= 0.6 is 0 Å². The minimum Gasteiger partial charge on any atom is -0.303 e. The normalized spacial score (nSPS) is 28.5. The van der Waals surface area contributed by atoms with E-state index >= 15 is 0 Å². The van der Waals surface area contributed by atoms with E-state index in [1.54, 1.807) is 0 Å². The lowest BCUT2D eigenvalue weighted by molar-refractivity contribution is -0.129. The van der Waals surface area contributed by atoms with Crippen molar-refractivity contribution in [2.24, 2.45) is 16.7 Å². The number of Topliss-reactive ketones (excluding diaryl/α,β-unsaturated/α-hetero) is 1. The van der Waals surface area contributed by atoms with Crippen molar-refractivity contribution >= 4 is 5.78 Å². The van der Waals surface area contributed by atoms with Gasteiger partial charge in [-0.05, 0) is 64.2 Å². The molecule has 1 atom stereocenters. The average molecular weight is 310 g/mol. The molecule has 1 N–H and O–H groups in total. The Kier molecular flexibility index (Phi) is 6.29. The summed E-state index contributed by atoms with van der Waals surface area (Å²) in [6.07, 6.45) is 7.49. The van der Waals surface area contributed by atoms with Gasteiger partial charge in [-0.25, -0.2) is 0 Å². The summed E-state index contributed by atoms with van der Waals surface area (Å²) in [5.74, 6) is 1.07. The molecule has 0 heterocycles. The summed E-state index contributed by atoms with van der Waals surface area (Å²) in [7, 11) is 0. The van der Waals surface area contributed by atoms with Crippen LogP contribution in [0, 0.1) is 16.7 Å². The van der Waals surface area contributed by atoms with Gasteiger partial charge in [0, 0.05) is 11.0 Å². The van der Waals surface area contributed by atoms with Crippen molar-refractivity contribution in [3.05, 3.63) is 0 Å². The molecule has 1 rings (SSSR count). The van der Waals surface area contributed by atoms with Crippen LogP contribution in [0.2, 0.25) is 0 Å². The van der Waals surface area contributed by atoms with E-state index in [1.165, 1.54) is 32.1 Å². The van der Waals surface area contributed by atoms with Crippen LogP contribution in [0.3, 0.4) is 0 Å². The first-order valence-corrected chi connectivity index (χ1v) is 9.18. The molecule has 2 heteroatoms. The Bertz CT molecular complexity index is 364. The van der Waals surface area contributed by atoms with Crippen molar-refractivity contribution in [2.75, 3.05) is 0 Å². The van der Waals surface area contributed by atoms with Gasteiger partial charge in [0.25, 0.3) is 0 Å². The Hall–Kier alpha value is -0.370. The summed E-state index contributed by atoms with van der Waals surface area (Å²) in [5.41, 5.74) is 0.255. The maximum Gasteiger partial charge on any atom is 0.155 e. The first kappa shape index (κ1) is 19.7. The molecule has 0 bridgehead atoms. The van der Waals surface area contributed by atoms with Gasteiger partial charge in [0.15, 0.2) is 5.78 Å². The quantitative estimate of drug-likeness (QED) is 0.741. The summed E-state index contributed by atoms with van der Waals surface area (Å²) in [5, 5.41) is 3.60. The lowest BCUT2D eigenvalue weighted by atomic mass is 9.68. The molecule has 1 fully saturated rings. The fourth-order valence-corrected chi connectivity index (χ4v) is 3.57. The van der Waals surface area contributed by atoms with Crippen molar-refractivity contribution in [1.29, 1.82) is 0 Å². The molecule has 0 aromatic rings. The number of carbonyl (C=O) groups is 1. The largest absolute Gasteiger partial charge is 0.303 e. The van der Waals surface area contributed by atoms with E-state index in [9.17, 15) is 4.79 Å². The fourth-order valence-electron chi connectivity index (χ4n) is 3.57. The Morgan fingerprint density at radius 1 is 1.14 bits per heavy atom. The minimum absolute atomic E-state index is 0.00372. The Morgan fingerprint density at radius 3 is 2.00 bits per heavy atom. The van der Waals surface area contributed by atoms with Crippen LogP contribution in [0.1, 0.15) is 93.9 Å². The second-order valence-electron chi connectivity index (χ2n) is 9.90. The van der Waals surface area contributed by atoms with E-state index < -0.39 is 0 Å². The third kappa shape index (κ3) is 6.02. The van der Waals surface area contributed by atoms with Crippen LogP contribution in [0.25, 0.3) is 0 Å². The molecule has 1 unspecified atom stereocenters. The average Bonchev–Trinajstić information content (AvgIpc) is 2.37. The second-order valence-corrected chi connectivity index (χ2v) is 9.90. The van der Waals surface area contributed by atoms with Gasteiger partial charge in [0.2, 0.25) is 0 Å².